The fraction of sp³-hybridized carbons (Fsp3) is 0. The number of fused-ring (bicyclic) bond motifs is 3. The molecule has 0 saturated heterocycles. The van der Waals surface area contributed by atoms with Crippen molar-refractivity contribution in [3.05, 3.63) is 48.7 Å². The van der Waals surface area contributed by atoms with Gasteiger partial charge in [0, 0.05) is 18.2 Å². The molecule has 1 aromatic carbocycles. The van der Waals surface area contributed by atoms with Crippen LogP contribution in [-0.2, 0) is 0 Å². The molecule has 0 bridgehead atoms. The molecule has 3 aromatic rings. The summed E-state index contributed by atoms with van der Waals surface area (Å²) >= 11 is 1.82. The highest BCUT2D eigenvalue weighted by atomic mass is 35.7. The first kappa shape index (κ1) is 13.2. The van der Waals surface area contributed by atoms with Crippen LogP contribution in [0.4, 0.5) is 0 Å². The lowest BCUT2D eigenvalue weighted by molar-refractivity contribution is -2.00. The Morgan fingerprint density at radius 1 is 0.889 bits per heavy atom. The average Bonchev–Trinajstić information content (AvgIpc) is 2.65. The monoisotopic (exact) mass is 285 g/mol. The minimum absolute atomic E-state index is 1.29. The third-order valence-corrected chi connectivity index (χ3v) is 3.27. The lowest BCUT2D eigenvalue weighted by Crippen LogP contribution is -2.68. The summed E-state index contributed by atoms with van der Waals surface area (Å²) in [5.74, 6) is 0. The predicted octanol–water partition coefficient (Wildman–Crippen LogP) is -2.12. The molecule has 0 spiro atoms. The van der Waals surface area contributed by atoms with Gasteiger partial charge >= 0.3 is 0 Å². The Morgan fingerprint density at radius 3 is 2.22 bits per heavy atom. The van der Waals surface area contributed by atoms with E-state index in [4.69, 9.17) is 18.6 Å². The van der Waals surface area contributed by atoms with Crippen molar-refractivity contribution >= 4 is 26.4 Å². The van der Waals surface area contributed by atoms with Crippen LogP contribution in [0, 0.1) is 10.2 Å². The standard InChI is InChI=1S/C11H8NS.ClHO4/c1-2-6-10-9(5-1)12-8-4-3-7-11(12)13-10;2-1(3,4)5/h1-8H;(H,2,3,4,5)/q+1;/p-1. The van der Waals surface area contributed by atoms with E-state index in [9.17, 15) is 0 Å². The van der Waals surface area contributed by atoms with Gasteiger partial charge in [0.05, 0.1) is 0 Å². The normalized spacial score (nSPS) is 11.3. The molecule has 7 heteroatoms. The summed E-state index contributed by atoms with van der Waals surface area (Å²) in [6.07, 6.45) is 2.11. The zero-order chi connectivity index (χ0) is 13.2. The van der Waals surface area contributed by atoms with E-state index in [0.717, 1.165) is 0 Å². The lowest BCUT2D eigenvalue weighted by Gasteiger charge is -2.17. The van der Waals surface area contributed by atoms with Crippen LogP contribution in [0.5, 0.6) is 0 Å². The molecule has 0 amide bonds. The molecule has 0 N–H and O–H groups in total. The summed E-state index contributed by atoms with van der Waals surface area (Å²) in [6.45, 7) is 0. The molecule has 94 valence electrons. The maximum absolute atomic E-state index is 8.49. The highest BCUT2D eigenvalue weighted by Gasteiger charge is 2.10. The second kappa shape index (κ2) is 5.15. The quantitative estimate of drug-likeness (QED) is 0.441. The van der Waals surface area contributed by atoms with Gasteiger partial charge < -0.3 is 0 Å². The second-order valence-electron chi connectivity index (χ2n) is 3.36. The molecule has 2 aromatic heterocycles. The van der Waals surface area contributed by atoms with Gasteiger partial charge in [-0.15, -0.1) is 10.2 Å². The fourth-order valence-electron chi connectivity index (χ4n) is 1.56. The number of nitrogens with zero attached hydrogens (tertiary/aromatic N) is 1. The number of para-hydroxylation sites is 1. The number of aromatic nitrogens is 1. The Hall–Kier alpha value is -1.28. The van der Waals surface area contributed by atoms with Crippen molar-refractivity contribution in [2.24, 2.45) is 0 Å². The molecular formula is C11H8ClNO4S. The Kier molecular flexibility index (Phi) is 3.76. The van der Waals surface area contributed by atoms with Crippen LogP contribution in [0.25, 0.3) is 15.0 Å². The lowest BCUT2D eigenvalue weighted by atomic mass is 10.3. The molecule has 2 heterocycles. The van der Waals surface area contributed by atoms with Gasteiger partial charge in [-0.2, -0.15) is 4.40 Å². The molecule has 0 aliphatic rings. The summed E-state index contributed by atoms with van der Waals surface area (Å²) in [6, 6.07) is 14.8. The Labute approximate surface area is 109 Å². The zero-order valence-corrected chi connectivity index (χ0v) is 10.6. The highest BCUT2D eigenvalue weighted by Crippen LogP contribution is 2.19. The van der Waals surface area contributed by atoms with E-state index >= 15 is 0 Å². The van der Waals surface area contributed by atoms with E-state index in [1.54, 1.807) is 0 Å². The molecule has 18 heavy (non-hydrogen) atoms. The molecule has 3 rings (SSSR count). The first-order chi connectivity index (χ1) is 8.45. The first-order valence-electron chi connectivity index (χ1n) is 4.85. The largest absolute Gasteiger partial charge is 0.268 e. The first-order valence-corrected chi connectivity index (χ1v) is 6.90. The van der Waals surface area contributed by atoms with Gasteiger partial charge in [0.1, 0.15) is 4.70 Å². The van der Waals surface area contributed by atoms with Crippen molar-refractivity contribution in [3.8, 4) is 0 Å². The molecule has 0 aliphatic heterocycles. The van der Waals surface area contributed by atoms with Crippen molar-refractivity contribution in [1.82, 2.24) is 0 Å². The summed E-state index contributed by atoms with van der Waals surface area (Å²) in [7, 11) is -4.94. The molecule has 0 fully saturated rings. The highest BCUT2D eigenvalue weighted by molar-refractivity contribution is 7.23. The number of pyridine rings is 1. The minimum atomic E-state index is -4.94. The maximum Gasteiger partial charge on any atom is 0.268 e. The van der Waals surface area contributed by atoms with E-state index in [1.165, 1.54) is 15.0 Å². The summed E-state index contributed by atoms with van der Waals surface area (Å²) in [5.41, 5.74) is 1.29. The van der Waals surface area contributed by atoms with Gasteiger partial charge in [-0.25, -0.2) is 18.6 Å². The van der Waals surface area contributed by atoms with Crippen molar-refractivity contribution in [2.75, 3.05) is 0 Å². The Morgan fingerprint density at radius 2 is 1.50 bits per heavy atom. The van der Waals surface area contributed by atoms with Crippen LogP contribution in [0.2, 0.25) is 0 Å². The smallest absolute Gasteiger partial charge is 0.222 e. The van der Waals surface area contributed by atoms with Crippen molar-refractivity contribution in [1.29, 1.82) is 0 Å². The number of halogens is 1. The fourth-order valence-corrected chi connectivity index (χ4v) is 2.61. The maximum atomic E-state index is 8.49. The molecule has 0 atom stereocenters. The Bertz CT molecular complexity index is 608. The summed E-state index contributed by atoms with van der Waals surface area (Å²) in [4.78, 5) is 1.30. The van der Waals surface area contributed by atoms with Gasteiger partial charge in [0.25, 0.3) is 4.83 Å². The second-order valence-corrected chi connectivity index (χ2v) is 5.17. The SMILES string of the molecule is [O-][Cl+3]([O-])([O-])[O-].c1ccc2c(c1)sc1cccc[n+]12. The third-order valence-electron chi connectivity index (χ3n) is 2.16. The van der Waals surface area contributed by atoms with Crippen LogP contribution in [0.3, 0.4) is 0 Å². The van der Waals surface area contributed by atoms with Crippen molar-refractivity contribution < 1.29 is 33.3 Å². The summed E-state index contributed by atoms with van der Waals surface area (Å²) < 4.78 is 37.5. The van der Waals surface area contributed by atoms with Gasteiger partial charge in [-0.1, -0.05) is 23.5 Å². The van der Waals surface area contributed by atoms with Crippen LogP contribution in [0.15, 0.2) is 48.7 Å². The topological polar surface area (TPSA) is 96.3 Å². The van der Waals surface area contributed by atoms with E-state index in [1.807, 2.05) is 11.3 Å². The Balaban J connectivity index is 0.000000209. The molecule has 0 radical (unpaired) electrons. The molecular weight excluding hydrogens is 278 g/mol. The van der Waals surface area contributed by atoms with Crippen molar-refractivity contribution in [3.63, 3.8) is 0 Å². The number of hydrogen-bond donors (Lipinski definition) is 0. The number of hydrogen-bond acceptors (Lipinski definition) is 5. The van der Waals surface area contributed by atoms with Crippen molar-refractivity contribution in [2.45, 2.75) is 0 Å². The van der Waals surface area contributed by atoms with Crippen LogP contribution >= 0.6 is 11.3 Å². The van der Waals surface area contributed by atoms with Crippen LogP contribution in [0.1, 0.15) is 0 Å². The van der Waals surface area contributed by atoms with Crippen LogP contribution < -0.4 is 23.0 Å². The van der Waals surface area contributed by atoms with E-state index in [-0.39, 0.29) is 0 Å². The van der Waals surface area contributed by atoms with Gasteiger partial charge in [0.2, 0.25) is 5.52 Å². The summed E-state index contributed by atoms with van der Waals surface area (Å²) in [5, 5.41) is 0. The van der Waals surface area contributed by atoms with E-state index in [2.05, 4.69) is 53.1 Å². The molecule has 0 saturated carbocycles. The van der Waals surface area contributed by atoms with Crippen LogP contribution in [-0.4, -0.2) is 0 Å². The van der Waals surface area contributed by atoms with Gasteiger partial charge in [-0.3, -0.25) is 0 Å². The average molecular weight is 286 g/mol. The number of rotatable bonds is 0. The molecule has 0 aliphatic carbocycles. The predicted molar refractivity (Wildman–Crippen MR) is 55.0 cm³/mol. The molecule has 0 unspecified atom stereocenters. The molecule has 5 nitrogen and oxygen atoms in total. The van der Waals surface area contributed by atoms with E-state index in [0.29, 0.717) is 0 Å². The third kappa shape index (κ3) is 3.36. The number of benzene rings is 1. The van der Waals surface area contributed by atoms with Gasteiger partial charge in [0.15, 0.2) is 6.20 Å². The van der Waals surface area contributed by atoms with Gasteiger partial charge in [-0.05, 0) is 12.1 Å². The number of thiazole rings is 1. The zero-order valence-electron chi connectivity index (χ0n) is 8.99. The van der Waals surface area contributed by atoms with E-state index < -0.39 is 10.2 Å². The minimum Gasteiger partial charge on any atom is -0.222 e.